The van der Waals surface area contributed by atoms with Crippen LogP contribution in [0.3, 0.4) is 0 Å². The Morgan fingerprint density at radius 1 is 1.14 bits per heavy atom. The van der Waals surface area contributed by atoms with E-state index in [4.69, 9.17) is 0 Å². The van der Waals surface area contributed by atoms with Gasteiger partial charge in [-0.25, -0.2) is 0 Å². The van der Waals surface area contributed by atoms with E-state index in [0.29, 0.717) is 6.04 Å². The fraction of sp³-hybridized carbons (Fsp3) is 1.00. The van der Waals surface area contributed by atoms with E-state index < -0.39 is 0 Å². The maximum absolute atomic E-state index is 3.54. The molecule has 2 N–H and O–H groups in total. The minimum absolute atomic E-state index is 0.625. The van der Waals surface area contributed by atoms with Gasteiger partial charge >= 0.3 is 0 Å². The Morgan fingerprint density at radius 2 is 1.86 bits per heavy atom. The maximum atomic E-state index is 3.54. The molecule has 0 spiro atoms. The normalized spacial score (nSPS) is 18.9. The van der Waals surface area contributed by atoms with Gasteiger partial charge < -0.3 is 10.6 Å². The summed E-state index contributed by atoms with van der Waals surface area (Å²) in [6.45, 7) is 10.3. The molecule has 0 aromatic carbocycles. The summed E-state index contributed by atoms with van der Waals surface area (Å²) in [6, 6.07) is 0.625. The second-order valence-corrected chi connectivity index (χ2v) is 4.98. The van der Waals surface area contributed by atoms with E-state index in [1.54, 1.807) is 0 Å². The van der Waals surface area contributed by atoms with Crippen LogP contribution in [0.25, 0.3) is 0 Å². The molecule has 1 aliphatic rings. The Balaban J connectivity index is 1.79. The first-order chi connectivity index (χ1) is 6.70. The fourth-order valence-corrected chi connectivity index (χ4v) is 1.77. The van der Waals surface area contributed by atoms with Gasteiger partial charge in [0.25, 0.3) is 0 Å². The summed E-state index contributed by atoms with van der Waals surface area (Å²) in [5.74, 6) is 1.93. The van der Waals surface area contributed by atoms with Gasteiger partial charge in [-0.05, 0) is 50.7 Å². The minimum Gasteiger partial charge on any atom is -0.316 e. The van der Waals surface area contributed by atoms with Crippen molar-refractivity contribution in [2.75, 3.05) is 19.6 Å². The molecule has 0 aliphatic heterocycles. The summed E-state index contributed by atoms with van der Waals surface area (Å²) >= 11 is 0. The van der Waals surface area contributed by atoms with Crippen molar-refractivity contribution in [3.05, 3.63) is 0 Å². The molecule has 0 saturated heterocycles. The summed E-state index contributed by atoms with van der Waals surface area (Å²) in [5, 5.41) is 6.97. The zero-order valence-corrected chi connectivity index (χ0v) is 9.97. The van der Waals surface area contributed by atoms with Crippen LogP contribution in [-0.4, -0.2) is 25.7 Å². The van der Waals surface area contributed by atoms with Crippen molar-refractivity contribution in [1.29, 1.82) is 0 Å². The van der Waals surface area contributed by atoms with Crippen molar-refractivity contribution >= 4 is 0 Å². The zero-order chi connectivity index (χ0) is 10.4. The predicted molar refractivity (Wildman–Crippen MR) is 62.5 cm³/mol. The van der Waals surface area contributed by atoms with Crippen LogP contribution >= 0.6 is 0 Å². The van der Waals surface area contributed by atoms with Crippen LogP contribution in [0.4, 0.5) is 0 Å². The van der Waals surface area contributed by atoms with E-state index in [1.165, 1.54) is 25.8 Å². The van der Waals surface area contributed by atoms with Gasteiger partial charge in [0.15, 0.2) is 0 Å². The highest BCUT2D eigenvalue weighted by Crippen LogP contribution is 2.35. The van der Waals surface area contributed by atoms with Gasteiger partial charge in [0.1, 0.15) is 0 Å². The minimum atomic E-state index is 0.625. The monoisotopic (exact) mass is 198 g/mol. The first-order valence-electron chi connectivity index (χ1n) is 6.14. The zero-order valence-electron chi connectivity index (χ0n) is 9.97. The smallest absolute Gasteiger partial charge is 0.00103 e. The number of hydrogen-bond donors (Lipinski definition) is 2. The van der Waals surface area contributed by atoms with Crippen molar-refractivity contribution in [3.63, 3.8) is 0 Å². The quantitative estimate of drug-likeness (QED) is 0.583. The molecule has 1 saturated carbocycles. The molecule has 0 aromatic heterocycles. The average Bonchev–Trinajstić information content (AvgIpc) is 2.92. The van der Waals surface area contributed by atoms with Gasteiger partial charge in [0, 0.05) is 6.04 Å². The summed E-state index contributed by atoms with van der Waals surface area (Å²) in [7, 11) is 0. The van der Waals surface area contributed by atoms with Gasteiger partial charge in [-0.15, -0.1) is 0 Å². The second kappa shape index (κ2) is 6.41. The van der Waals surface area contributed by atoms with Crippen LogP contribution in [0.15, 0.2) is 0 Å². The maximum Gasteiger partial charge on any atom is 0.00103 e. The molecular formula is C12H26N2. The molecule has 2 heteroatoms. The van der Waals surface area contributed by atoms with Crippen molar-refractivity contribution in [3.8, 4) is 0 Å². The van der Waals surface area contributed by atoms with E-state index in [2.05, 4.69) is 31.4 Å². The molecule has 1 unspecified atom stereocenters. The predicted octanol–water partition coefficient (Wildman–Crippen LogP) is 2.01. The lowest BCUT2D eigenvalue weighted by molar-refractivity contribution is 0.453. The standard InChI is InChI=1S/C12H26N2/c1-10(2)14-8-4-7-13-9-11(3)12-5-6-12/h10-14H,4-9H2,1-3H3. The third-order valence-corrected chi connectivity index (χ3v) is 2.98. The van der Waals surface area contributed by atoms with E-state index in [0.717, 1.165) is 24.9 Å². The Kier molecular flexibility index (Phi) is 5.49. The lowest BCUT2D eigenvalue weighted by atomic mass is 10.1. The summed E-state index contributed by atoms with van der Waals surface area (Å²) in [4.78, 5) is 0. The van der Waals surface area contributed by atoms with Gasteiger partial charge in [-0.1, -0.05) is 20.8 Å². The Morgan fingerprint density at radius 3 is 2.43 bits per heavy atom. The first kappa shape index (κ1) is 12.0. The molecule has 2 nitrogen and oxygen atoms in total. The van der Waals surface area contributed by atoms with Gasteiger partial charge in [-0.2, -0.15) is 0 Å². The number of rotatable bonds is 8. The summed E-state index contributed by atoms with van der Waals surface area (Å²) in [6.07, 6.45) is 4.19. The Hall–Kier alpha value is -0.0800. The van der Waals surface area contributed by atoms with E-state index in [1.807, 2.05) is 0 Å². The largest absolute Gasteiger partial charge is 0.316 e. The topological polar surface area (TPSA) is 24.1 Å². The molecule has 14 heavy (non-hydrogen) atoms. The van der Waals surface area contributed by atoms with Crippen LogP contribution in [0, 0.1) is 11.8 Å². The molecule has 1 fully saturated rings. The third-order valence-electron chi connectivity index (χ3n) is 2.98. The van der Waals surface area contributed by atoms with Crippen molar-refractivity contribution < 1.29 is 0 Å². The van der Waals surface area contributed by atoms with E-state index in [9.17, 15) is 0 Å². The van der Waals surface area contributed by atoms with Crippen molar-refractivity contribution in [2.24, 2.45) is 11.8 Å². The third kappa shape index (κ3) is 5.61. The fourth-order valence-electron chi connectivity index (χ4n) is 1.77. The molecule has 0 bridgehead atoms. The van der Waals surface area contributed by atoms with E-state index in [-0.39, 0.29) is 0 Å². The lowest BCUT2D eigenvalue weighted by Crippen LogP contribution is -2.28. The van der Waals surface area contributed by atoms with Crippen molar-refractivity contribution in [1.82, 2.24) is 10.6 Å². The number of nitrogens with one attached hydrogen (secondary N) is 2. The molecule has 0 radical (unpaired) electrons. The average molecular weight is 198 g/mol. The Labute approximate surface area is 88.8 Å². The van der Waals surface area contributed by atoms with Gasteiger partial charge in [0.2, 0.25) is 0 Å². The molecule has 1 rings (SSSR count). The van der Waals surface area contributed by atoms with Crippen LogP contribution in [0.1, 0.15) is 40.0 Å². The molecule has 84 valence electrons. The summed E-state index contributed by atoms with van der Waals surface area (Å²) in [5.41, 5.74) is 0. The van der Waals surface area contributed by atoms with Crippen LogP contribution in [0.5, 0.6) is 0 Å². The van der Waals surface area contributed by atoms with Gasteiger partial charge in [-0.3, -0.25) is 0 Å². The molecule has 0 amide bonds. The molecule has 0 aromatic rings. The van der Waals surface area contributed by atoms with E-state index >= 15 is 0 Å². The number of hydrogen-bond acceptors (Lipinski definition) is 2. The SMILES string of the molecule is CC(C)NCCCNCC(C)C1CC1. The first-order valence-corrected chi connectivity index (χ1v) is 6.14. The van der Waals surface area contributed by atoms with Crippen molar-refractivity contribution in [2.45, 2.75) is 46.1 Å². The Bertz CT molecular complexity index is 141. The van der Waals surface area contributed by atoms with Crippen LogP contribution in [0.2, 0.25) is 0 Å². The molecule has 1 aliphatic carbocycles. The second-order valence-electron chi connectivity index (χ2n) is 4.98. The highest BCUT2D eigenvalue weighted by atomic mass is 14.9. The van der Waals surface area contributed by atoms with Crippen LogP contribution in [-0.2, 0) is 0 Å². The molecule has 1 atom stereocenters. The molecule has 0 heterocycles. The van der Waals surface area contributed by atoms with Gasteiger partial charge in [0.05, 0.1) is 0 Å². The lowest BCUT2D eigenvalue weighted by Gasteiger charge is -2.12. The highest BCUT2D eigenvalue weighted by Gasteiger charge is 2.27. The van der Waals surface area contributed by atoms with Crippen LogP contribution < -0.4 is 10.6 Å². The highest BCUT2D eigenvalue weighted by molar-refractivity contribution is 4.79. The molecular weight excluding hydrogens is 172 g/mol. The summed E-state index contributed by atoms with van der Waals surface area (Å²) < 4.78 is 0.